The molecule has 0 spiro atoms. The molecule has 19 heavy (non-hydrogen) atoms. The molecule has 0 aliphatic carbocycles. The van der Waals surface area contributed by atoms with Gasteiger partial charge in [-0.25, -0.2) is 8.42 Å². The molecule has 0 atom stereocenters. The second-order valence-electron chi connectivity index (χ2n) is 4.58. The van der Waals surface area contributed by atoms with Crippen molar-refractivity contribution in [1.29, 1.82) is 0 Å². The van der Waals surface area contributed by atoms with Crippen molar-refractivity contribution in [3.05, 3.63) is 29.8 Å². The largest absolute Gasteiger partial charge is 1.00 e. The topological polar surface area (TPSA) is 57.2 Å². The van der Waals surface area contributed by atoms with Gasteiger partial charge in [0.05, 0.1) is 4.90 Å². The maximum absolute atomic E-state index is 11.1. The molecule has 0 aromatic heterocycles. The number of unbranched alkanes of at least 4 members (excludes halogenated alkanes) is 5. The number of hydrogen-bond donors (Lipinski definition) is 0. The Kier molecular flexibility index (Phi) is 10.0. The van der Waals surface area contributed by atoms with Crippen molar-refractivity contribution < 1.29 is 42.5 Å². The molecule has 0 unspecified atom stereocenters. The van der Waals surface area contributed by atoms with Crippen LogP contribution in [0.4, 0.5) is 0 Å². The van der Waals surface area contributed by atoms with Crippen LogP contribution < -0.4 is 29.6 Å². The Labute approximate surface area is 138 Å². The molecule has 1 rings (SSSR count). The van der Waals surface area contributed by atoms with Crippen molar-refractivity contribution in [3.8, 4) is 0 Å². The van der Waals surface area contributed by atoms with Crippen LogP contribution in [0.15, 0.2) is 29.2 Å². The van der Waals surface area contributed by atoms with Crippen molar-refractivity contribution in [2.45, 2.75) is 56.8 Å². The molecule has 3 nitrogen and oxygen atoms in total. The van der Waals surface area contributed by atoms with Crippen LogP contribution in [-0.2, 0) is 16.5 Å². The number of hydrogen-bond acceptors (Lipinski definition) is 3. The van der Waals surface area contributed by atoms with Gasteiger partial charge in [-0.15, -0.1) is 0 Å². The fourth-order valence-electron chi connectivity index (χ4n) is 2.05. The van der Waals surface area contributed by atoms with Crippen molar-refractivity contribution >= 4 is 10.1 Å². The van der Waals surface area contributed by atoms with Crippen LogP contribution in [0.25, 0.3) is 0 Å². The summed E-state index contributed by atoms with van der Waals surface area (Å²) in [5.41, 5.74) is 0.656. The van der Waals surface area contributed by atoms with Gasteiger partial charge in [-0.2, -0.15) is 0 Å². The van der Waals surface area contributed by atoms with Crippen LogP contribution >= 0.6 is 0 Å². The summed E-state index contributed by atoms with van der Waals surface area (Å²) in [5, 5.41) is 0. The molecule has 0 radical (unpaired) electrons. The third kappa shape index (κ3) is 7.47. The molecule has 0 aliphatic heterocycles. The normalized spacial score (nSPS) is 11.1. The Morgan fingerprint density at radius 1 is 1.00 bits per heavy atom. The molecule has 1 aromatic carbocycles. The summed E-state index contributed by atoms with van der Waals surface area (Å²) < 4.78 is 33.2. The molecule has 0 heterocycles. The first kappa shape index (κ1) is 19.1. The number of benzene rings is 1. The van der Waals surface area contributed by atoms with Crippen LogP contribution in [0.5, 0.6) is 0 Å². The fraction of sp³-hybridized carbons (Fsp3) is 0.571. The zero-order valence-corrected chi connectivity index (χ0v) is 14.7. The van der Waals surface area contributed by atoms with E-state index in [1.807, 2.05) is 0 Å². The van der Waals surface area contributed by atoms with Crippen LogP contribution in [0.2, 0.25) is 0 Å². The Balaban J connectivity index is 0.00000324. The smallest absolute Gasteiger partial charge is 0.744 e. The van der Waals surface area contributed by atoms with Gasteiger partial charge < -0.3 is 4.55 Å². The van der Waals surface area contributed by atoms with Gasteiger partial charge in [-0.1, -0.05) is 57.2 Å². The van der Waals surface area contributed by atoms with E-state index < -0.39 is 10.1 Å². The SMILES string of the molecule is CCCCCCCCc1ccccc1S(=O)(=O)[O-].[Na+]. The van der Waals surface area contributed by atoms with E-state index in [0.717, 1.165) is 12.8 Å². The summed E-state index contributed by atoms with van der Waals surface area (Å²) >= 11 is 0. The third-order valence-electron chi connectivity index (χ3n) is 3.04. The van der Waals surface area contributed by atoms with E-state index in [1.165, 1.54) is 31.7 Å². The summed E-state index contributed by atoms with van der Waals surface area (Å²) in [7, 11) is -4.33. The Bertz CT molecular complexity index is 458. The quantitative estimate of drug-likeness (QED) is 0.398. The molecule has 0 saturated heterocycles. The van der Waals surface area contributed by atoms with Crippen LogP contribution in [-0.4, -0.2) is 13.0 Å². The van der Waals surface area contributed by atoms with E-state index in [-0.39, 0.29) is 34.5 Å². The zero-order valence-electron chi connectivity index (χ0n) is 11.9. The second kappa shape index (κ2) is 9.94. The van der Waals surface area contributed by atoms with Crippen molar-refractivity contribution in [3.63, 3.8) is 0 Å². The molecule has 0 aliphatic rings. The minimum Gasteiger partial charge on any atom is -0.744 e. The number of aryl methyl sites for hydroxylation is 1. The van der Waals surface area contributed by atoms with E-state index in [4.69, 9.17) is 0 Å². The van der Waals surface area contributed by atoms with Gasteiger partial charge in [-0.3, -0.25) is 0 Å². The van der Waals surface area contributed by atoms with Gasteiger partial charge in [0.2, 0.25) is 0 Å². The van der Waals surface area contributed by atoms with E-state index in [0.29, 0.717) is 12.0 Å². The molecule has 0 N–H and O–H groups in total. The molecule has 0 fully saturated rings. The average molecular weight is 292 g/mol. The van der Waals surface area contributed by atoms with Gasteiger partial charge in [0.25, 0.3) is 0 Å². The fourth-order valence-corrected chi connectivity index (χ4v) is 2.79. The predicted molar refractivity (Wildman–Crippen MR) is 71.5 cm³/mol. The molecular weight excluding hydrogens is 271 g/mol. The average Bonchev–Trinajstić information content (AvgIpc) is 2.33. The Morgan fingerprint density at radius 3 is 2.21 bits per heavy atom. The maximum atomic E-state index is 11.1. The van der Waals surface area contributed by atoms with Gasteiger partial charge in [-0.05, 0) is 24.5 Å². The second-order valence-corrected chi connectivity index (χ2v) is 5.93. The van der Waals surface area contributed by atoms with Crippen molar-refractivity contribution in [2.24, 2.45) is 0 Å². The zero-order chi connectivity index (χ0) is 13.4. The molecular formula is C14H21NaO3S. The van der Waals surface area contributed by atoms with Crippen LogP contribution in [0, 0.1) is 0 Å². The Hall–Kier alpha value is 0.130. The van der Waals surface area contributed by atoms with Crippen molar-refractivity contribution in [1.82, 2.24) is 0 Å². The monoisotopic (exact) mass is 292 g/mol. The van der Waals surface area contributed by atoms with Gasteiger partial charge in [0, 0.05) is 0 Å². The van der Waals surface area contributed by atoms with E-state index >= 15 is 0 Å². The molecule has 102 valence electrons. The van der Waals surface area contributed by atoms with E-state index in [9.17, 15) is 13.0 Å². The summed E-state index contributed by atoms with van der Waals surface area (Å²) in [5.74, 6) is 0. The number of rotatable bonds is 8. The summed E-state index contributed by atoms with van der Waals surface area (Å²) in [6.45, 7) is 2.18. The Morgan fingerprint density at radius 2 is 1.58 bits per heavy atom. The molecule has 0 amide bonds. The van der Waals surface area contributed by atoms with Gasteiger partial charge in [0.15, 0.2) is 0 Å². The van der Waals surface area contributed by atoms with Crippen molar-refractivity contribution in [2.75, 3.05) is 0 Å². The van der Waals surface area contributed by atoms with Crippen LogP contribution in [0.3, 0.4) is 0 Å². The first-order valence-electron chi connectivity index (χ1n) is 6.59. The molecule has 0 bridgehead atoms. The standard InChI is InChI=1S/C14H22O3S.Na/c1-2-3-4-5-6-7-10-13-11-8-9-12-14(13)18(15,16)17;/h8-9,11-12H,2-7,10H2,1H3,(H,15,16,17);/q;+1/p-1. The summed E-state index contributed by atoms with van der Waals surface area (Å²) in [4.78, 5) is -0.0569. The van der Waals surface area contributed by atoms with Crippen LogP contribution in [0.1, 0.15) is 51.0 Å². The summed E-state index contributed by atoms with van der Waals surface area (Å²) in [6, 6.07) is 6.50. The van der Waals surface area contributed by atoms with E-state index in [2.05, 4.69) is 6.92 Å². The summed E-state index contributed by atoms with van der Waals surface area (Å²) in [6.07, 6.45) is 7.59. The predicted octanol–water partition coefficient (Wildman–Crippen LogP) is 0.498. The van der Waals surface area contributed by atoms with Gasteiger partial charge in [0.1, 0.15) is 10.1 Å². The minimum absolute atomic E-state index is 0. The maximum Gasteiger partial charge on any atom is 1.00 e. The first-order valence-corrected chi connectivity index (χ1v) is 8.00. The molecule has 5 heteroatoms. The third-order valence-corrected chi connectivity index (χ3v) is 3.98. The molecule has 0 saturated carbocycles. The minimum atomic E-state index is -4.33. The van der Waals surface area contributed by atoms with E-state index in [1.54, 1.807) is 18.2 Å². The molecule has 1 aromatic rings. The van der Waals surface area contributed by atoms with Gasteiger partial charge >= 0.3 is 29.6 Å². The first-order chi connectivity index (χ1) is 8.55.